The zero-order chi connectivity index (χ0) is 12.1. The quantitative estimate of drug-likeness (QED) is 0.857. The fourth-order valence-electron chi connectivity index (χ4n) is 1.69. The Morgan fingerprint density at radius 2 is 2.29 bits per heavy atom. The van der Waals surface area contributed by atoms with Crippen LogP contribution >= 0.6 is 0 Å². The largest absolute Gasteiger partial charge is 0.380 e. The van der Waals surface area contributed by atoms with Gasteiger partial charge < -0.3 is 14.6 Å². The van der Waals surface area contributed by atoms with E-state index in [1.807, 2.05) is 29.9 Å². The second-order valence-corrected chi connectivity index (χ2v) is 3.94. The molecule has 0 aliphatic carbocycles. The summed E-state index contributed by atoms with van der Waals surface area (Å²) in [5, 5.41) is 3.35. The van der Waals surface area contributed by atoms with Crippen molar-refractivity contribution >= 4 is 5.69 Å². The van der Waals surface area contributed by atoms with Crippen LogP contribution in [0.1, 0.15) is 11.4 Å². The van der Waals surface area contributed by atoms with Crippen LogP contribution in [0.15, 0.2) is 36.7 Å². The monoisotopic (exact) mass is 231 g/mol. The second kappa shape index (κ2) is 5.50. The number of nitrogens with one attached hydrogen (secondary N) is 1. The summed E-state index contributed by atoms with van der Waals surface area (Å²) < 4.78 is 7.11. The molecule has 0 radical (unpaired) electrons. The average molecular weight is 231 g/mol. The number of nitrogens with zero attached hydrogens (tertiary/aromatic N) is 2. The van der Waals surface area contributed by atoms with Gasteiger partial charge in [-0.1, -0.05) is 12.1 Å². The zero-order valence-corrected chi connectivity index (χ0v) is 10.2. The summed E-state index contributed by atoms with van der Waals surface area (Å²) in [5.41, 5.74) is 2.25. The number of benzene rings is 1. The Labute approximate surface area is 101 Å². The van der Waals surface area contributed by atoms with Crippen molar-refractivity contribution in [3.05, 3.63) is 48.0 Å². The van der Waals surface area contributed by atoms with E-state index < -0.39 is 0 Å². The molecule has 0 spiro atoms. The van der Waals surface area contributed by atoms with Crippen LogP contribution < -0.4 is 5.32 Å². The number of rotatable bonds is 5. The van der Waals surface area contributed by atoms with Gasteiger partial charge in [0.15, 0.2) is 0 Å². The van der Waals surface area contributed by atoms with Crippen molar-refractivity contribution < 1.29 is 4.74 Å². The fourth-order valence-corrected chi connectivity index (χ4v) is 1.69. The third kappa shape index (κ3) is 3.07. The third-order valence-electron chi connectivity index (χ3n) is 2.61. The Morgan fingerprint density at radius 1 is 1.41 bits per heavy atom. The lowest BCUT2D eigenvalue weighted by Gasteiger charge is -2.08. The summed E-state index contributed by atoms with van der Waals surface area (Å²) in [6, 6.07) is 8.21. The Hall–Kier alpha value is -1.81. The van der Waals surface area contributed by atoms with Crippen molar-refractivity contribution in [2.45, 2.75) is 13.2 Å². The van der Waals surface area contributed by atoms with Gasteiger partial charge in [0.2, 0.25) is 0 Å². The van der Waals surface area contributed by atoms with Gasteiger partial charge in [-0.25, -0.2) is 4.98 Å². The smallest absolute Gasteiger partial charge is 0.127 e. The molecule has 0 fully saturated rings. The Morgan fingerprint density at radius 3 is 3.00 bits per heavy atom. The first-order valence-electron chi connectivity index (χ1n) is 5.57. The molecule has 0 bridgehead atoms. The molecule has 0 amide bonds. The van der Waals surface area contributed by atoms with E-state index in [1.54, 1.807) is 13.3 Å². The first-order valence-corrected chi connectivity index (χ1v) is 5.57. The lowest BCUT2D eigenvalue weighted by molar-refractivity contribution is 0.185. The van der Waals surface area contributed by atoms with E-state index in [9.17, 15) is 0 Å². The lowest BCUT2D eigenvalue weighted by Crippen LogP contribution is -2.05. The molecule has 4 heteroatoms. The Bertz CT molecular complexity index is 479. The van der Waals surface area contributed by atoms with Crippen molar-refractivity contribution in [3.8, 4) is 0 Å². The van der Waals surface area contributed by atoms with Gasteiger partial charge >= 0.3 is 0 Å². The number of ether oxygens (including phenoxy) is 1. The maximum Gasteiger partial charge on any atom is 0.127 e. The van der Waals surface area contributed by atoms with Gasteiger partial charge in [-0.2, -0.15) is 0 Å². The van der Waals surface area contributed by atoms with Crippen LogP contribution in [0.5, 0.6) is 0 Å². The predicted octanol–water partition coefficient (Wildman–Crippen LogP) is 2.18. The van der Waals surface area contributed by atoms with Crippen LogP contribution in [-0.4, -0.2) is 16.7 Å². The molecule has 4 nitrogen and oxygen atoms in total. The highest BCUT2D eigenvalue weighted by atomic mass is 16.5. The molecule has 0 aliphatic heterocycles. The molecule has 1 aromatic heterocycles. The average Bonchev–Trinajstić information content (AvgIpc) is 2.73. The minimum Gasteiger partial charge on any atom is -0.380 e. The summed E-state index contributed by atoms with van der Waals surface area (Å²) >= 11 is 0. The number of hydrogen-bond donors (Lipinski definition) is 1. The molecule has 1 aromatic carbocycles. The molecule has 2 rings (SSSR count). The van der Waals surface area contributed by atoms with E-state index in [1.165, 1.54) is 0 Å². The van der Waals surface area contributed by atoms with Crippen LogP contribution in [0.3, 0.4) is 0 Å². The molecular weight excluding hydrogens is 214 g/mol. The van der Waals surface area contributed by atoms with Gasteiger partial charge in [0.05, 0.1) is 13.2 Å². The van der Waals surface area contributed by atoms with E-state index >= 15 is 0 Å². The summed E-state index contributed by atoms with van der Waals surface area (Å²) in [6.45, 7) is 1.36. The maximum absolute atomic E-state index is 5.11. The standard InChI is InChI=1S/C13H17N3O/c1-16-7-6-14-13(16)9-15-12-5-3-4-11(8-12)10-17-2/h3-8,15H,9-10H2,1-2H3. The summed E-state index contributed by atoms with van der Waals surface area (Å²) in [4.78, 5) is 4.27. The lowest BCUT2D eigenvalue weighted by atomic mass is 10.2. The summed E-state index contributed by atoms with van der Waals surface area (Å²) in [7, 11) is 3.69. The molecule has 0 saturated heterocycles. The number of hydrogen-bond acceptors (Lipinski definition) is 3. The van der Waals surface area contributed by atoms with Crippen LogP contribution in [0.25, 0.3) is 0 Å². The van der Waals surface area contributed by atoms with Crippen LogP contribution in [0.2, 0.25) is 0 Å². The van der Waals surface area contributed by atoms with E-state index in [0.717, 1.165) is 23.6 Å². The fraction of sp³-hybridized carbons (Fsp3) is 0.308. The number of methoxy groups -OCH3 is 1. The van der Waals surface area contributed by atoms with E-state index in [2.05, 4.69) is 22.4 Å². The van der Waals surface area contributed by atoms with Gasteiger partial charge in [0, 0.05) is 32.2 Å². The molecule has 1 heterocycles. The molecule has 17 heavy (non-hydrogen) atoms. The zero-order valence-electron chi connectivity index (χ0n) is 10.2. The third-order valence-corrected chi connectivity index (χ3v) is 2.61. The topological polar surface area (TPSA) is 39.1 Å². The first kappa shape index (κ1) is 11.7. The first-order chi connectivity index (χ1) is 8.29. The van der Waals surface area contributed by atoms with Gasteiger partial charge in [-0.3, -0.25) is 0 Å². The summed E-state index contributed by atoms with van der Waals surface area (Å²) in [5.74, 6) is 1.02. The predicted molar refractivity (Wildman–Crippen MR) is 67.7 cm³/mol. The highest BCUT2D eigenvalue weighted by molar-refractivity contribution is 5.45. The molecule has 0 unspecified atom stereocenters. The van der Waals surface area contributed by atoms with Crippen LogP contribution in [0.4, 0.5) is 5.69 Å². The molecule has 0 aliphatic rings. The van der Waals surface area contributed by atoms with Gasteiger partial charge in [0.1, 0.15) is 5.82 Å². The molecule has 1 N–H and O–H groups in total. The highest BCUT2D eigenvalue weighted by Gasteiger charge is 1.99. The molecule has 90 valence electrons. The number of aryl methyl sites for hydroxylation is 1. The van der Waals surface area contributed by atoms with Crippen molar-refractivity contribution in [2.24, 2.45) is 7.05 Å². The van der Waals surface area contributed by atoms with Gasteiger partial charge in [0.25, 0.3) is 0 Å². The van der Waals surface area contributed by atoms with Crippen LogP contribution in [0, 0.1) is 0 Å². The number of aromatic nitrogens is 2. The SMILES string of the molecule is COCc1cccc(NCc2nccn2C)c1. The number of imidazole rings is 1. The van der Waals surface area contributed by atoms with Crippen molar-refractivity contribution in [1.82, 2.24) is 9.55 Å². The van der Waals surface area contributed by atoms with Crippen LogP contribution in [-0.2, 0) is 24.9 Å². The van der Waals surface area contributed by atoms with Crippen molar-refractivity contribution in [2.75, 3.05) is 12.4 Å². The van der Waals surface area contributed by atoms with Gasteiger partial charge in [-0.05, 0) is 17.7 Å². The maximum atomic E-state index is 5.11. The van der Waals surface area contributed by atoms with E-state index in [4.69, 9.17) is 4.74 Å². The second-order valence-electron chi connectivity index (χ2n) is 3.94. The minimum atomic E-state index is 0.637. The molecule has 0 saturated carbocycles. The summed E-state index contributed by atoms with van der Waals surface area (Å²) in [6.07, 6.45) is 3.75. The molecular formula is C13H17N3O. The van der Waals surface area contributed by atoms with Gasteiger partial charge in [-0.15, -0.1) is 0 Å². The highest BCUT2D eigenvalue weighted by Crippen LogP contribution is 2.12. The normalized spacial score (nSPS) is 10.5. The van der Waals surface area contributed by atoms with E-state index in [-0.39, 0.29) is 0 Å². The Kier molecular flexibility index (Phi) is 3.77. The van der Waals surface area contributed by atoms with Crippen molar-refractivity contribution in [1.29, 1.82) is 0 Å². The molecule has 0 atom stereocenters. The Balaban J connectivity index is 1.99. The molecule has 2 aromatic rings. The number of anilines is 1. The van der Waals surface area contributed by atoms with Crippen molar-refractivity contribution in [3.63, 3.8) is 0 Å². The minimum absolute atomic E-state index is 0.637. The van der Waals surface area contributed by atoms with E-state index in [0.29, 0.717) is 6.61 Å².